The largest absolute Gasteiger partial charge is 0.355 e. The van der Waals surface area contributed by atoms with Gasteiger partial charge in [-0.15, -0.1) is 0 Å². The lowest BCUT2D eigenvalue weighted by molar-refractivity contribution is -0.123. The number of benzene rings is 1. The van der Waals surface area contributed by atoms with Crippen molar-refractivity contribution in [3.8, 4) is 0 Å². The molecule has 0 radical (unpaired) electrons. The highest BCUT2D eigenvalue weighted by Crippen LogP contribution is 2.15. The van der Waals surface area contributed by atoms with Crippen molar-refractivity contribution < 1.29 is 13.2 Å². The lowest BCUT2D eigenvalue weighted by Crippen LogP contribution is -2.36. The topological polar surface area (TPSA) is 75.3 Å². The fourth-order valence-electron chi connectivity index (χ4n) is 1.29. The van der Waals surface area contributed by atoms with Crippen LogP contribution in [-0.4, -0.2) is 27.4 Å². The molecule has 1 aromatic carbocycles. The number of hydrogen-bond donors (Lipinski definition) is 2. The molecule has 0 aliphatic carbocycles. The fraction of sp³-hybridized carbons (Fsp3) is 0.417. The minimum absolute atomic E-state index is 0.0957. The van der Waals surface area contributed by atoms with Crippen molar-refractivity contribution in [3.63, 3.8) is 0 Å². The van der Waals surface area contributed by atoms with Crippen LogP contribution in [0.5, 0.6) is 0 Å². The number of carbonyl (C=O) groups excluding carboxylic acids is 1. The van der Waals surface area contributed by atoms with E-state index in [0.29, 0.717) is 4.47 Å². The highest BCUT2D eigenvalue weighted by molar-refractivity contribution is 9.10. The van der Waals surface area contributed by atoms with E-state index in [2.05, 4.69) is 26.0 Å². The Morgan fingerprint density at radius 3 is 2.58 bits per heavy atom. The predicted octanol–water partition coefficient (Wildman–Crippen LogP) is 1.50. The lowest BCUT2D eigenvalue weighted by Gasteiger charge is -2.09. The summed E-state index contributed by atoms with van der Waals surface area (Å²) in [6.07, 6.45) is 0. The smallest absolute Gasteiger partial charge is 0.240 e. The monoisotopic (exact) mass is 348 g/mol. The normalized spacial score (nSPS) is 11.6. The molecule has 106 valence electrons. The summed E-state index contributed by atoms with van der Waals surface area (Å²) in [5, 5.41) is 2.64. The molecule has 1 amide bonds. The quantitative estimate of drug-likeness (QED) is 0.765. The highest BCUT2D eigenvalue weighted by Gasteiger charge is 2.13. The van der Waals surface area contributed by atoms with Crippen molar-refractivity contribution >= 4 is 31.9 Å². The molecule has 2 N–H and O–H groups in total. The minimum atomic E-state index is -3.53. The van der Waals surface area contributed by atoms with Crippen LogP contribution in [0.25, 0.3) is 0 Å². The van der Waals surface area contributed by atoms with Gasteiger partial charge in [0.1, 0.15) is 0 Å². The summed E-state index contributed by atoms with van der Waals surface area (Å²) in [5.74, 6) is -0.205. The number of nitrogens with one attached hydrogen (secondary N) is 2. The van der Waals surface area contributed by atoms with Gasteiger partial charge in [0, 0.05) is 23.5 Å². The van der Waals surface area contributed by atoms with Crippen LogP contribution in [0.4, 0.5) is 0 Å². The summed E-state index contributed by atoms with van der Waals surface area (Å²) in [6.45, 7) is 3.99. The molecule has 1 rings (SSSR count). The van der Waals surface area contributed by atoms with Crippen molar-refractivity contribution in [1.82, 2.24) is 10.0 Å². The van der Waals surface area contributed by atoms with Gasteiger partial charge in [-0.2, -0.15) is 0 Å². The van der Waals surface area contributed by atoms with E-state index in [-0.39, 0.29) is 29.8 Å². The Morgan fingerprint density at radius 2 is 2.00 bits per heavy atom. The SMILES string of the molecule is CC(C)C(=O)NCCNS(=O)(=O)c1cccc(Br)c1. The molecule has 0 atom stereocenters. The average Bonchev–Trinajstić information content (AvgIpc) is 2.34. The van der Waals surface area contributed by atoms with Gasteiger partial charge < -0.3 is 5.32 Å². The first kappa shape index (κ1) is 16.1. The van der Waals surface area contributed by atoms with Gasteiger partial charge in [-0.05, 0) is 18.2 Å². The van der Waals surface area contributed by atoms with Crippen molar-refractivity contribution in [2.75, 3.05) is 13.1 Å². The van der Waals surface area contributed by atoms with E-state index in [0.717, 1.165) is 0 Å². The van der Waals surface area contributed by atoms with E-state index in [1.165, 1.54) is 12.1 Å². The van der Waals surface area contributed by atoms with Crippen LogP contribution in [0.1, 0.15) is 13.8 Å². The average molecular weight is 349 g/mol. The zero-order chi connectivity index (χ0) is 14.5. The molecular weight excluding hydrogens is 332 g/mol. The van der Waals surface area contributed by atoms with E-state index in [1.807, 2.05) is 0 Å². The zero-order valence-corrected chi connectivity index (χ0v) is 13.2. The number of amides is 1. The van der Waals surface area contributed by atoms with Gasteiger partial charge in [0.25, 0.3) is 0 Å². The molecule has 5 nitrogen and oxygen atoms in total. The molecule has 0 saturated carbocycles. The van der Waals surface area contributed by atoms with Crippen molar-refractivity contribution in [1.29, 1.82) is 0 Å². The van der Waals surface area contributed by atoms with Crippen molar-refractivity contribution in [3.05, 3.63) is 28.7 Å². The third kappa shape index (κ3) is 5.30. The van der Waals surface area contributed by atoms with Crippen LogP contribution in [-0.2, 0) is 14.8 Å². The first-order chi connectivity index (χ1) is 8.83. The van der Waals surface area contributed by atoms with E-state index < -0.39 is 10.0 Å². The number of sulfonamides is 1. The van der Waals surface area contributed by atoms with Crippen molar-refractivity contribution in [2.24, 2.45) is 5.92 Å². The molecule has 1 aromatic rings. The molecule has 0 heterocycles. The molecule has 0 fully saturated rings. The van der Waals surface area contributed by atoms with E-state index >= 15 is 0 Å². The first-order valence-corrected chi connectivity index (χ1v) is 8.13. The van der Waals surface area contributed by atoms with Gasteiger partial charge >= 0.3 is 0 Å². The third-order valence-electron chi connectivity index (χ3n) is 2.35. The molecule has 0 saturated heterocycles. The number of hydrogen-bond acceptors (Lipinski definition) is 3. The van der Waals surface area contributed by atoms with Crippen molar-refractivity contribution in [2.45, 2.75) is 18.7 Å². The highest BCUT2D eigenvalue weighted by atomic mass is 79.9. The Labute approximate surface area is 122 Å². The Bertz CT molecular complexity index is 544. The number of carbonyl (C=O) groups is 1. The van der Waals surface area contributed by atoms with Gasteiger partial charge in [0.15, 0.2) is 0 Å². The molecule has 0 bridgehead atoms. The molecule has 19 heavy (non-hydrogen) atoms. The summed E-state index contributed by atoms with van der Waals surface area (Å²) >= 11 is 3.22. The maximum absolute atomic E-state index is 11.9. The molecule has 0 spiro atoms. The van der Waals surface area contributed by atoms with Gasteiger partial charge in [0.05, 0.1) is 4.90 Å². The molecule has 7 heteroatoms. The Morgan fingerprint density at radius 1 is 1.32 bits per heavy atom. The molecule has 0 aliphatic heterocycles. The summed E-state index contributed by atoms with van der Waals surface area (Å²) in [5.41, 5.74) is 0. The molecule has 0 aliphatic rings. The van der Waals surface area contributed by atoms with Crippen LogP contribution in [0.15, 0.2) is 33.6 Å². The number of halogens is 1. The van der Waals surface area contributed by atoms with Gasteiger partial charge in [-0.1, -0.05) is 35.8 Å². The van der Waals surface area contributed by atoms with Gasteiger partial charge in [0.2, 0.25) is 15.9 Å². The van der Waals surface area contributed by atoms with E-state index in [4.69, 9.17) is 0 Å². The first-order valence-electron chi connectivity index (χ1n) is 5.86. The summed E-state index contributed by atoms with van der Waals surface area (Å²) in [6, 6.07) is 6.44. The lowest BCUT2D eigenvalue weighted by atomic mass is 10.2. The van der Waals surface area contributed by atoms with Crippen LogP contribution in [0, 0.1) is 5.92 Å². The molecule has 0 aromatic heterocycles. The minimum Gasteiger partial charge on any atom is -0.355 e. The van der Waals surface area contributed by atoms with Crippen LogP contribution < -0.4 is 10.0 Å². The Balaban J connectivity index is 2.51. The second-order valence-electron chi connectivity index (χ2n) is 4.30. The second kappa shape index (κ2) is 7.02. The van der Waals surface area contributed by atoms with Crippen LogP contribution in [0.2, 0.25) is 0 Å². The Hall–Kier alpha value is -0.920. The van der Waals surface area contributed by atoms with Crippen LogP contribution >= 0.6 is 15.9 Å². The number of rotatable bonds is 6. The maximum Gasteiger partial charge on any atom is 0.240 e. The van der Waals surface area contributed by atoms with Gasteiger partial charge in [-0.3, -0.25) is 4.79 Å². The summed E-state index contributed by atoms with van der Waals surface area (Å²) < 4.78 is 27.0. The second-order valence-corrected chi connectivity index (χ2v) is 6.98. The molecular formula is C12H17BrN2O3S. The fourth-order valence-corrected chi connectivity index (χ4v) is 2.92. The standard InChI is InChI=1S/C12H17BrN2O3S/c1-9(2)12(16)14-6-7-15-19(17,18)11-5-3-4-10(13)8-11/h3-5,8-9,15H,6-7H2,1-2H3,(H,14,16). The maximum atomic E-state index is 11.9. The van der Waals surface area contributed by atoms with E-state index in [1.54, 1.807) is 26.0 Å². The predicted molar refractivity (Wildman–Crippen MR) is 77.2 cm³/mol. The van der Waals surface area contributed by atoms with E-state index in [9.17, 15) is 13.2 Å². The van der Waals surface area contributed by atoms with Crippen LogP contribution in [0.3, 0.4) is 0 Å². The third-order valence-corrected chi connectivity index (χ3v) is 4.30. The zero-order valence-electron chi connectivity index (χ0n) is 10.8. The summed E-state index contributed by atoms with van der Waals surface area (Å²) in [7, 11) is -3.53. The summed E-state index contributed by atoms with van der Waals surface area (Å²) in [4.78, 5) is 11.5. The Kier molecular flexibility index (Phi) is 5.96. The van der Waals surface area contributed by atoms with Gasteiger partial charge in [-0.25, -0.2) is 13.1 Å². The molecule has 0 unspecified atom stereocenters.